The smallest absolute Gasteiger partial charge is 0.328 e. The number of carbonyl (C=O) groups excluding carboxylic acids is 1. The lowest BCUT2D eigenvalue weighted by atomic mass is 9.98. The van der Waals surface area contributed by atoms with Gasteiger partial charge in [-0.3, -0.25) is 0 Å². The normalized spacial score (nSPS) is 12.8. The maximum Gasteiger partial charge on any atom is 0.328 e. The number of benzene rings is 1. The van der Waals surface area contributed by atoms with Crippen molar-refractivity contribution in [1.29, 1.82) is 0 Å². The Labute approximate surface area is 119 Å². The van der Waals surface area contributed by atoms with E-state index < -0.39 is 11.6 Å². The SMILES string of the molecule is CCOC(=O)C(CC(C)(C)OC)Nc1cccc(F)c1. The summed E-state index contributed by atoms with van der Waals surface area (Å²) in [5, 5.41) is 3.00. The highest BCUT2D eigenvalue weighted by Crippen LogP contribution is 2.20. The number of hydrogen-bond acceptors (Lipinski definition) is 4. The molecule has 0 radical (unpaired) electrons. The van der Waals surface area contributed by atoms with E-state index in [4.69, 9.17) is 9.47 Å². The highest BCUT2D eigenvalue weighted by Gasteiger charge is 2.28. The van der Waals surface area contributed by atoms with Gasteiger partial charge in [-0.1, -0.05) is 6.07 Å². The molecule has 0 spiro atoms. The minimum atomic E-state index is -0.591. The summed E-state index contributed by atoms with van der Waals surface area (Å²) in [6.45, 7) is 5.81. The molecule has 0 aliphatic rings. The zero-order valence-corrected chi connectivity index (χ0v) is 12.4. The first kappa shape index (κ1) is 16.4. The number of hydrogen-bond donors (Lipinski definition) is 1. The highest BCUT2D eigenvalue weighted by molar-refractivity contribution is 5.79. The fourth-order valence-corrected chi connectivity index (χ4v) is 1.79. The van der Waals surface area contributed by atoms with Crippen LogP contribution in [0.2, 0.25) is 0 Å². The zero-order valence-electron chi connectivity index (χ0n) is 12.4. The van der Waals surface area contributed by atoms with Gasteiger partial charge in [0.1, 0.15) is 11.9 Å². The number of esters is 1. The molecule has 4 nitrogen and oxygen atoms in total. The molecule has 0 saturated carbocycles. The highest BCUT2D eigenvalue weighted by atomic mass is 19.1. The van der Waals surface area contributed by atoms with Crippen LogP contribution in [0.1, 0.15) is 27.2 Å². The van der Waals surface area contributed by atoms with Gasteiger partial charge in [-0.25, -0.2) is 9.18 Å². The van der Waals surface area contributed by atoms with Crippen molar-refractivity contribution in [2.75, 3.05) is 19.0 Å². The van der Waals surface area contributed by atoms with E-state index in [9.17, 15) is 9.18 Å². The first-order valence-electron chi connectivity index (χ1n) is 6.62. The van der Waals surface area contributed by atoms with Gasteiger partial charge in [0.05, 0.1) is 12.2 Å². The van der Waals surface area contributed by atoms with Crippen LogP contribution in [-0.2, 0) is 14.3 Å². The molecule has 0 aliphatic carbocycles. The lowest BCUT2D eigenvalue weighted by Gasteiger charge is -2.28. The minimum Gasteiger partial charge on any atom is -0.464 e. The van der Waals surface area contributed by atoms with Gasteiger partial charge in [0.15, 0.2) is 0 Å². The van der Waals surface area contributed by atoms with Crippen molar-refractivity contribution in [3.8, 4) is 0 Å². The van der Waals surface area contributed by atoms with Crippen molar-refractivity contribution in [2.45, 2.75) is 38.8 Å². The van der Waals surface area contributed by atoms with Crippen molar-refractivity contribution >= 4 is 11.7 Å². The Hall–Kier alpha value is -1.62. The molecule has 0 saturated heterocycles. The second-order valence-electron chi connectivity index (χ2n) is 5.13. The van der Waals surface area contributed by atoms with E-state index in [1.54, 1.807) is 26.2 Å². The maximum atomic E-state index is 13.2. The number of rotatable bonds is 7. The van der Waals surface area contributed by atoms with E-state index >= 15 is 0 Å². The summed E-state index contributed by atoms with van der Waals surface area (Å²) in [6, 6.07) is 5.39. The average Bonchev–Trinajstić information content (AvgIpc) is 2.38. The molecule has 1 unspecified atom stereocenters. The molecule has 1 rings (SSSR count). The van der Waals surface area contributed by atoms with Crippen LogP contribution in [0.15, 0.2) is 24.3 Å². The zero-order chi connectivity index (χ0) is 15.2. The van der Waals surface area contributed by atoms with Gasteiger partial charge in [-0.15, -0.1) is 0 Å². The molecular formula is C15H22FNO3. The third-order valence-corrected chi connectivity index (χ3v) is 2.98. The molecule has 20 heavy (non-hydrogen) atoms. The van der Waals surface area contributed by atoms with E-state index in [0.717, 1.165) is 0 Å². The third kappa shape index (κ3) is 5.17. The number of methoxy groups -OCH3 is 1. The Morgan fingerprint density at radius 2 is 2.15 bits per heavy atom. The van der Waals surface area contributed by atoms with Gasteiger partial charge in [0, 0.05) is 19.2 Å². The predicted octanol–water partition coefficient (Wildman–Crippen LogP) is 2.98. The molecular weight excluding hydrogens is 261 g/mol. The first-order chi connectivity index (χ1) is 9.38. The summed E-state index contributed by atoms with van der Waals surface area (Å²) >= 11 is 0. The van der Waals surface area contributed by atoms with Crippen LogP contribution < -0.4 is 5.32 Å². The fourth-order valence-electron chi connectivity index (χ4n) is 1.79. The molecule has 0 aliphatic heterocycles. The molecule has 0 amide bonds. The number of nitrogens with one attached hydrogen (secondary N) is 1. The lowest BCUT2D eigenvalue weighted by molar-refractivity contribution is -0.145. The Morgan fingerprint density at radius 1 is 1.45 bits per heavy atom. The van der Waals surface area contributed by atoms with Gasteiger partial charge >= 0.3 is 5.97 Å². The molecule has 0 fully saturated rings. The van der Waals surface area contributed by atoms with Crippen LogP contribution in [0.5, 0.6) is 0 Å². The quantitative estimate of drug-likeness (QED) is 0.782. The van der Waals surface area contributed by atoms with Gasteiger partial charge < -0.3 is 14.8 Å². The number of ether oxygens (including phenoxy) is 2. The van der Waals surface area contributed by atoms with Crippen LogP contribution in [0.4, 0.5) is 10.1 Å². The predicted molar refractivity (Wildman–Crippen MR) is 76.1 cm³/mol. The van der Waals surface area contributed by atoms with Crippen molar-refractivity contribution in [3.63, 3.8) is 0 Å². The van der Waals surface area contributed by atoms with E-state index in [1.807, 2.05) is 13.8 Å². The lowest BCUT2D eigenvalue weighted by Crippen LogP contribution is -2.39. The van der Waals surface area contributed by atoms with Crippen molar-refractivity contribution < 1.29 is 18.7 Å². The standard InChI is InChI=1S/C15H22FNO3/c1-5-20-14(18)13(10-15(2,3)19-4)17-12-8-6-7-11(16)9-12/h6-9,13,17H,5,10H2,1-4H3. The summed E-state index contributed by atoms with van der Waals surface area (Å²) in [6.07, 6.45) is 0.416. The van der Waals surface area contributed by atoms with Gasteiger partial charge in [-0.2, -0.15) is 0 Å². The van der Waals surface area contributed by atoms with Gasteiger partial charge in [0.2, 0.25) is 0 Å². The summed E-state index contributed by atoms with van der Waals surface area (Å²) in [5.41, 5.74) is 0.0487. The summed E-state index contributed by atoms with van der Waals surface area (Å²) in [4.78, 5) is 12.0. The number of carbonyl (C=O) groups is 1. The third-order valence-electron chi connectivity index (χ3n) is 2.98. The average molecular weight is 283 g/mol. The first-order valence-corrected chi connectivity index (χ1v) is 6.62. The van der Waals surface area contributed by atoms with Crippen LogP contribution >= 0.6 is 0 Å². The Kier molecular flexibility index (Phi) is 5.95. The van der Waals surface area contributed by atoms with E-state index in [1.165, 1.54) is 12.1 Å². The Bertz CT molecular complexity index is 448. The molecule has 0 aromatic heterocycles. The van der Waals surface area contributed by atoms with Crippen LogP contribution in [0.25, 0.3) is 0 Å². The molecule has 1 atom stereocenters. The summed E-state index contributed by atoms with van der Waals surface area (Å²) < 4.78 is 23.6. The number of anilines is 1. The van der Waals surface area contributed by atoms with Crippen molar-refractivity contribution in [1.82, 2.24) is 0 Å². The van der Waals surface area contributed by atoms with E-state index in [-0.39, 0.29) is 11.8 Å². The molecule has 1 aromatic rings. The number of halogens is 1. The molecule has 112 valence electrons. The van der Waals surface area contributed by atoms with Gasteiger partial charge in [-0.05, 0) is 39.0 Å². The van der Waals surface area contributed by atoms with E-state index in [0.29, 0.717) is 18.7 Å². The topological polar surface area (TPSA) is 47.6 Å². The maximum absolute atomic E-state index is 13.2. The Balaban J connectivity index is 2.84. The largest absolute Gasteiger partial charge is 0.464 e. The second kappa shape index (κ2) is 7.24. The molecule has 0 bridgehead atoms. The van der Waals surface area contributed by atoms with Crippen LogP contribution in [0, 0.1) is 5.82 Å². The monoisotopic (exact) mass is 283 g/mol. The minimum absolute atomic E-state index is 0.299. The molecule has 1 N–H and O–H groups in total. The summed E-state index contributed by atoms with van der Waals surface area (Å²) in [7, 11) is 1.59. The van der Waals surface area contributed by atoms with Crippen molar-refractivity contribution in [2.24, 2.45) is 0 Å². The van der Waals surface area contributed by atoms with Crippen LogP contribution in [0.3, 0.4) is 0 Å². The summed E-state index contributed by atoms with van der Waals surface area (Å²) in [5.74, 6) is -0.731. The molecule has 1 aromatic carbocycles. The molecule has 5 heteroatoms. The molecule has 0 heterocycles. The van der Waals surface area contributed by atoms with Crippen LogP contribution in [-0.4, -0.2) is 31.3 Å². The fraction of sp³-hybridized carbons (Fsp3) is 0.533. The van der Waals surface area contributed by atoms with E-state index in [2.05, 4.69) is 5.32 Å². The second-order valence-corrected chi connectivity index (χ2v) is 5.13. The van der Waals surface area contributed by atoms with Gasteiger partial charge in [0.25, 0.3) is 0 Å². The Morgan fingerprint density at radius 3 is 2.70 bits per heavy atom. The van der Waals surface area contributed by atoms with Crippen molar-refractivity contribution in [3.05, 3.63) is 30.1 Å².